The molecule has 20 heavy (non-hydrogen) atoms. The Labute approximate surface area is 115 Å². The second kappa shape index (κ2) is 5.15. The molecule has 0 saturated heterocycles. The number of benzene rings is 1. The van der Waals surface area contributed by atoms with Crippen molar-refractivity contribution in [2.75, 3.05) is 0 Å². The topological polar surface area (TPSA) is 34.9 Å². The Balaban J connectivity index is 2.03. The zero-order valence-electron chi connectivity index (χ0n) is 10.9. The Bertz CT molecular complexity index is 645. The standard InChI is InChI=1S/C15H14F2N2O/c16-13-6-5-10(7-14(13)17)15-11(9-20)8-19(18-15)12-3-1-2-4-12/h5-9,12H,1-4H2. The van der Waals surface area contributed by atoms with E-state index in [0.717, 1.165) is 37.8 Å². The fourth-order valence-electron chi connectivity index (χ4n) is 2.72. The minimum atomic E-state index is -0.935. The molecule has 1 saturated carbocycles. The Kier molecular flexibility index (Phi) is 3.34. The van der Waals surface area contributed by atoms with Gasteiger partial charge in [0, 0.05) is 11.8 Å². The Morgan fingerprint density at radius 3 is 2.60 bits per heavy atom. The van der Waals surface area contributed by atoms with E-state index in [4.69, 9.17) is 0 Å². The Morgan fingerprint density at radius 2 is 1.95 bits per heavy atom. The highest BCUT2D eigenvalue weighted by Crippen LogP contribution is 2.31. The van der Waals surface area contributed by atoms with Crippen molar-refractivity contribution >= 4 is 6.29 Å². The van der Waals surface area contributed by atoms with Crippen LogP contribution in [-0.2, 0) is 0 Å². The molecule has 5 heteroatoms. The predicted octanol–water partition coefficient (Wildman–Crippen LogP) is 3.76. The normalized spacial score (nSPS) is 15.7. The average Bonchev–Trinajstić information content (AvgIpc) is 3.09. The summed E-state index contributed by atoms with van der Waals surface area (Å²) in [5.41, 5.74) is 1.23. The number of nitrogens with zero attached hydrogens (tertiary/aromatic N) is 2. The fraction of sp³-hybridized carbons (Fsp3) is 0.333. The summed E-state index contributed by atoms with van der Waals surface area (Å²) in [6, 6.07) is 3.86. The van der Waals surface area contributed by atoms with Gasteiger partial charge in [-0.05, 0) is 31.0 Å². The molecule has 2 aromatic rings. The Morgan fingerprint density at radius 1 is 1.20 bits per heavy atom. The van der Waals surface area contributed by atoms with E-state index in [1.54, 1.807) is 10.9 Å². The number of aldehydes is 1. The van der Waals surface area contributed by atoms with Crippen LogP contribution in [0.5, 0.6) is 0 Å². The van der Waals surface area contributed by atoms with Crippen molar-refractivity contribution in [1.29, 1.82) is 0 Å². The lowest BCUT2D eigenvalue weighted by atomic mass is 10.1. The van der Waals surface area contributed by atoms with E-state index in [1.165, 1.54) is 6.07 Å². The average molecular weight is 276 g/mol. The van der Waals surface area contributed by atoms with E-state index in [1.807, 2.05) is 0 Å². The summed E-state index contributed by atoms with van der Waals surface area (Å²) in [6.07, 6.45) is 6.78. The third-order valence-electron chi connectivity index (χ3n) is 3.78. The van der Waals surface area contributed by atoms with Gasteiger partial charge in [0.15, 0.2) is 17.9 Å². The van der Waals surface area contributed by atoms with E-state index in [9.17, 15) is 13.6 Å². The Hall–Kier alpha value is -2.04. The minimum Gasteiger partial charge on any atom is -0.298 e. The molecule has 0 amide bonds. The van der Waals surface area contributed by atoms with Crippen LogP contribution in [-0.4, -0.2) is 16.1 Å². The summed E-state index contributed by atoms with van der Waals surface area (Å²) < 4.78 is 28.1. The molecule has 0 radical (unpaired) electrons. The molecule has 0 spiro atoms. The lowest BCUT2D eigenvalue weighted by Gasteiger charge is -2.08. The first-order chi connectivity index (χ1) is 9.69. The molecular formula is C15H14F2N2O. The van der Waals surface area contributed by atoms with Crippen LogP contribution in [0.15, 0.2) is 24.4 Å². The van der Waals surface area contributed by atoms with Gasteiger partial charge in [0.25, 0.3) is 0 Å². The molecule has 1 aliphatic carbocycles. The largest absolute Gasteiger partial charge is 0.298 e. The highest BCUT2D eigenvalue weighted by atomic mass is 19.2. The van der Waals surface area contributed by atoms with Crippen LogP contribution >= 0.6 is 0 Å². The molecule has 1 heterocycles. The lowest BCUT2D eigenvalue weighted by Crippen LogP contribution is -2.04. The predicted molar refractivity (Wildman–Crippen MR) is 70.5 cm³/mol. The van der Waals surface area contributed by atoms with Gasteiger partial charge in [-0.25, -0.2) is 8.78 Å². The second-order valence-electron chi connectivity index (χ2n) is 5.10. The maximum Gasteiger partial charge on any atom is 0.159 e. The van der Waals surface area contributed by atoms with Gasteiger partial charge in [-0.15, -0.1) is 0 Å². The van der Waals surface area contributed by atoms with Crippen molar-refractivity contribution in [3.63, 3.8) is 0 Å². The number of carbonyl (C=O) groups excluding carboxylic acids is 1. The van der Waals surface area contributed by atoms with Gasteiger partial charge < -0.3 is 0 Å². The van der Waals surface area contributed by atoms with Gasteiger partial charge in [-0.1, -0.05) is 12.8 Å². The SMILES string of the molecule is O=Cc1cn(C2CCCC2)nc1-c1ccc(F)c(F)c1. The van der Waals surface area contributed by atoms with Crippen LogP contribution in [0.3, 0.4) is 0 Å². The summed E-state index contributed by atoms with van der Waals surface area (Å²) in [5, 5.41) is 4.40. The highest BCUT2D eigenvalue weighted by Gasteiger charge is 2.20. The second-order valence-corrected chi connectivity index (χ2v) is 5.10. The number of aromatic nitrogens is 2. The molecule has 3 rings (SSSR count). The quantitative estimate of drug-likeness (QED) is 0.800. The van der Waals surface area contributed by atoms with Crippen LogP contribution in [0.25, 0.3) is 11.3 Å². The lowest BCUT2D eigenvalue weighted by molar-refractivity contribution is 0.112. The maximum absolute atomic E-state index is 13.3. The molecule has 0 bridgehead atoms. The molecule has 1 fully saturated rings. The van der Waals surface area contributed by atoms with Crippen LogP contribution in [0.4, 0.5) is 8.78 Å². The zero-order chi connectivity index (χ0) is 14.1. The van der Waals surface area contributed by atoms with Crippen LogP contribution in [0.1, 0.15) is 42.1 Å². The van der Waals surface area contributed by atoms with E-state index in [-0.39, 0.29) is 0 Å². The van der Waals surface area contributed by atoms with E-state index in [2.05, 4.69) is 5.10 Å². The van der Waals surface area contributed by atoms with Gasteiger partial charge in [0.1, 0.15) is 5.69 Å². The third-order valence-corrected chi connectivity index (χ3v) is 3.78. The fourth-order valence-corrected chi connectivity index (χ4v) is 2.72. The molecule has 1 aromatic carbocycles. The van der Waals surface area contributed by atoms with E-state index < -0.39 is 11.6 Å². The number of carbonyl (C=O) groups is 1. The first kappa shape index (κ1) is 13.0. The summed E-state index contributed by atoms with van der Waals surface area (Å²) in [6.45, 7) is 0. The number of hydrogen-bond donors (Lipinski definition) is 0. The number of halogens is 2. The molecule has 104 valence electrons. The van der Waals surface area contributed by atoms with E-state index in [0.29, 0.717) is 29.1 Å². The molecule has 1 aliphatic rings. The third kappa shape index (κ3) is 2.24. The molecule has 0 unspecified atom stereocenters. The van der Waals surface area contributed by atoms with Gasteiger partial charge in [-0.3, -0.25) is 9.48 Å². The molecule has 1 aromatic heterocycles. The van der Waals surface area contributed by atoms with Crippen LogP contribution < -0.4 is 0 Å². The molecular weight excluding hydrogens is 262 g/mol. The van der Waals surface area contributed by atoms with Crippen molar-refractivity contribution in [2.45, 2.75) is 31.7 Å². The van der Waals surface area contributed by atoms with Crippen molar-refractivity contribution in [2.24, 2.45) is 0 Å². The van der Waals surface area contributed by atoms with E-state index >= 15 is 0 Å². The molecule has 0 N–H and O–H groups in total. The summed E-state index contributed by atoms with van der Waals surface area (Å²) in [5.74, 6) is -1.84. The van der Waals surface area contributed by atoms with Gasteiger partial charge in [-0.2, -0.15) is 5.10 Å². The number of hydrogen-bond acceptors (Lipinski definition) is 2. The smallest absolute Gasteiger partial charge is 0.159 e. The maximum atomic E-state index is 13.3. The van der Waals surface area contributed by atoms with Crippen molar-refractivity contribution < 1.29 is 13.6 Å². The minimum absolute atomic E-state index is 0.299. The first-order valence-electron chi connectivity index (χ1n) is 6.69. The monoisotopic (exact) mass is 276 g/mol. The highest BCUT2D eigenvalue weighted by molar-refractivity contribution is 5.85. The first-order valence-corrected chi connectivity index (χ1v) is 6.69. The zero-order valence-corrected chi connectivity index (χ0v) is 10.9. The molecule has 0 aliphatic heterocycles. The van der Waals surface area contributed by atoms with Gasteiger partial charge >= 0.3 is 0 Å². The van der Waals surface area contributed by atoms with Gasteiger partial charge in [0.2, 0.25) is 0 Å². The summed E-state index contributed by atoms with van der Waals surface area (Å²) >= 11 is 0. The molecule has 0 atom stereocenters. The van der Waals surface area contributed by atoms with Crippen molar-refractivity contribution in [3.05, 3.63) is 41.6 Å². The van der Waals surface area contributed by atoms with Crippen molar-refractivity contribution in [3.8, 4) is 11.3 Å². The van der Waals surface area contributed by atoms with Gasteiger partial charge in [0.05, 0.1) is 11.6 Å². The van der Waals surface area contributed by atoms with Crippen molar-refractivity contribution in [1.82, 2.24) is 9.78 Å². The summed E-state index contributed by atoms with van der Waals surface area (Å²) in [7, 11) is 0. The molecule has 3 nitrogen and oxygen atoms in total. The number of rotatable bonds is 3. The van der Waals surface area contributed by atoms with Crippen LogP contribution in [0.2, 0.25) is 0 Å². The summed E-state index contributed by atoms with van der Waals surface area (Å²) in [4.78, 5) is 11.2. The van der Waals surface area contributed by atoms with Crippen LogP contribution in [0, 0.1) is 11.6 Å².